The van der Waals surface area contributed by atoms with Crippen molar-refractivity contribution < 1.29 is 5.11 Å². The van der Waals surface area contributed by atoms with E-state index in [0.29, 0.717) is 17.8 Å². The Morgan fingerprint density at radius 3 is 2.48 bits per heavy atom. The lowest BCUT2D eigenvalue weighted by Crippen LogP contribution is -2.45. The van der Waals surface area contributed by atoms with Gasteiger partial charge in [0.25, 0.3) is 0 Å². The minimum Gasteiger partial charge on any atom is -0.507 e. The number of hydrogen-bond acceptors (Lipinski definition) is 3. The van der Waals surface area contributed by atoms with Crippen molar-refractivity contribution in [2.24, 2.45) is 0 Å². The summed E-state index contributed by atoms with van der Waals surface area (Å²) < 4.78 is 2.14. The Labute approximate surface area is 155 Å². The molecule has 118 valence electrons. The van der Waals surface area contributed by atoms with Crippen LogP contribution >= 0.6 is 45.2 Å². The number of nitrogens with zero attached hydrogens (tertiary/aromatic N) is 2. The zero-order valence-corrected chi connectivity index (χ0v) is 17.3. The van der Waals surface area contributed by atoms with Crippen LogP contribution in [0, 0.1) is 7.14 Å². The van der Waals surface area contributed by atoms with Crippen molar-refractivity contribution in [2.75, 3.05) is 20.1 Å². The Kier molecular flexibility index (Phi) is 6.58. The van der Waals surface area contributed by atoms with Gasteiger partial charge in [-0.25, -0.2) is 0 Å². The number of phenols is 1. The second kappa shape index (κ2) is 7.79. The maximum absolute atomic E-state index is 10.2. The fourth-order valence-electron chi connectivity index (χ4n) is 2.89. The normalized spacial score (nSPS) is 17.9. The molecule has 1 aromatic carbocycles. The van der Waals surface area contributed by atoms with Gasteiger partial charge in [0.1, 0.15) is 5.75 Å². The molecular weight excluding hydrogens is 490 g/mol. The number of piperidine rings is 1. The monoisotopic (exact) mass is 514 g/mol. The van der Waals surface area contributed by atoms with E-state index >= 15 is 0 Å². The second-order valence-corrected chi connectivity index (χ2v) is 8.57. The fourth-order valence-corrected chi connectivity index (χ4v) is 4.85. The van der Waals surface area contributed by atoms with Crippen molar-refractivity contribution >= 4 is 45.2 Å². The van der Waals surface area contributed by atoms with Crippen molar-refractivity contribution in [3.05, 3.63) is 24.8 Å². The first kappa shape index (κ1) is 17.7. The summed E-state index contributed by atoms with van der Waals surface area (Å²) in [4.78, 5) is 4.95. The van der Waals surface area contributed by atoms with Crippen molar-refractivity contribution in [3.8, 4) is 5.75 Å². The molecule has 0 saturated carbocycles. The Bertz CT molecular complexity index is 485. The molecule has 2 rings (SSSR count). The zero-order valence-electron chi connectivity index (χ0n) is 12.9. The van der Waals surface area contributed by atoms with Gasteiger partial charge in [0.15, 0.2) is 0 Å². The fraction of sp³-hybridized carbons (Fsp3) is 0.625. The van der Waals surface area contributed by atoms with Gasteiger partial charge >= 0.3 is 0 Å². The molecule has 5 heteroatoms. The number of phenolic OH excluding ortho intramolecular Hbond substituents is 1. The van der Waals surface area contributed by atoms with Gasteiger partial charge in [-0.3, -0.25) is 4.90 Å². The summed E-state index contributed by atoms with van der Waals surface area (Å²) >= 11 is 4.53. The Hall–Kier alpha value is 0.400. The SMILES string of the molecule is CC(C)N(C)C1CCN(Cc2cc(I)cc(I)c2O)CC1. The highest BCUT2D eigenvalue weighted by Crippen LogP contribution is 2.29. The highest BCUT2D eigenvalue weighted by Gasteiger charge is 2.24. The van der Waals surface area contributed by atoms with Crippen molar-refractivity contribution in [1.29, 1.82) is 0 Å². The third-order valence-electron chi connectivity index (χ3n) is 4.45. The van der Waals surface area contributed by atoms with Gasteiger partial charge in [0.2, 0.25) is 0 Å². The van der Waals surface area contributed by atoms with Crippen LogP contribution in [0.15, 0.2) is 12.1 Å². The number of halogens is 2. The van der Waals surface area contributed by atoms with E-state index in [2.05, 4.69) is 81.9 Å². The molecule has 0 spiro atoms. The molecule has 3 nitrogen and oxygen atoms in total. The predicted octanol–water partition coefficient (Wildman–Crippen LogP) is 3.91. The first-order chi connectivity index (χ1) is 9.88. The standard InChI is InChI=1S/C16H24I2N2O/c1-11(2)19(3)14-4-6-20(7-5-14)10-12-8-13(17)9-15(18)16(12)21/h8-9,11,14,21H,4-7,10H2,1-3H3. The molecule has 0 aliphatic carbocycles. The molecule has 0 unspecified atom stereocenters. The van der Waals surface area contributed by atoms with Crippen LogP contribution in [0.2, 0.25) is 0 Å². The summed E-state index contributed by atoms with van der Waals surface area (Å²) in [5.41, 5.74) is 1.06. The van der Waals surface area contributed by atoms with E-state index in [1.807, 2.05) is 6.07 Å². The number of rotatable bonds is 4. The maximum Gasteiger partial charge on any atom is 0.133 e. The molecule has 0 atom stereocenters. The minimum absolute atomic E-state index is 0.456. The lowest BCUT2D eigenvalue weighted by Gasteiger charge is -2.38. The Morgan fingerprint density at radius 1 is 1.29 bits per heavy atom. The third-order valence-corrected chi connectivity index (χ3v) is 5.89. The minimum atomic E-state index is 0.456. The molecule has 0 radical (unpaired) electrons. The summed E-state index contributed by atoms with van der Waals surface area (Å²) in [5, 5.41) is 10.2. The van der Waals surface area contributed by atoms with Gasteiger partial charge in [0, 0.05) is 27.8 Å². The van der Waals surface area contributed by atoms with Gasteiger partial charge in [-0.1, -0.05) is 0 Å². The van der Waals surface area contributed by atoms with Crippen LogP contribution in [0.25, 0.3) is 0 Å². The van der Waals surface area contributed by atoms with Crippen LogP contribution in [0.1, 0.15) is 32.3 Å². The third kappa shape index (κ3) is 4.68. The molecule has 0 bridgehead atoms. The summed E-state index contributed by atoms with van der Waals surface area (Å²) in [6.45, 7) is 7.61. The van der Waals surface area contributed by atoms with E-state index in [1.54, 1.807) is 0 Å². The Balaban J connectivity index is 1.95. The van der Waals surface area contributed by atoms with E-state index in [0.717, 1.165) is 28.8 Å². The predicted molar refractivity (Wildman–Crippen MR) is 105 cm³/mol. The molecule has 1 N–H and O–H groups in total. The maximum atomic E-state index is 10.2. The average molecular weight is 514 g/mol. The molecule has 0 aromatic heterocycles. The van der Waals surface area contributed by atoms with E-state index in [-0.39, 0.29) is 0 Å². The molecule has 1 fully saturated rings. The first-order valence-electron chi connectivity index (χ1n) is 7.49. The molecule has 1 aliphatic heterocycles. The molecule has 1 saturated heterocycles. The zero-order chi connectivity index (χ0) is 15.6. The Morgan fingerprint density at radius 2 is 1.90 bits per heavy atom. The van der Waals surface area contributed by atoms with E-state index in [9.17, 15) is 5.11 Å². The van der Waals surface area contributed by atoms with E-state index in [4.69, 9.17) is 0 Å². The average Bonchev–Trinajstić information content (AvgIpc) is 2.44. The lowest BCUT2D eigenvalue weighted by atomic mass is 10.0. The quantitative estimate of drug-likeness (QED) is 0.618. The van der Waals surface area contributed by atoms with Crippen molar-refractivity contribution in [2.45, 2.75) is 45.3 Å². The largest absolute Gasteiger partial charge is 0.507 e. The van der Waals surface area contributed by atoms with Crippen LogP contribution < -0.4 is 0 Å². The summed E-state index contributed by atoms with van der Waals surface area (Å²) in [5.74, 6) is 0.456. The van der Waals surface area contributed by atoms with Crippen LogP contribution in [0.5, 0.6) is 5.75 Å². The second-order valence-electron chi connectivity index (χ2n) is 6.16. The number of benzene rings is 1. The van der Waals surface area contributed by atoms with Crippen molar-refractivity contribution in [1.82, 2.24) is 9.80 Å². The number of likely N-dealkylation sites (tertiary alicyclic amines) is 1. The summed E-state index contributed by atoms with van der Waals surface area (Å²) in [6.07, 6.45) is 2.44. The smallest absolute Gasteiger partial charge is 0.133 e. The van der Waals surface area contributed by atoms with Crippen LogP contribution in [-0.2, 0) is 6.54 Å². The summed E-state index contributed by atoms with van der Waals surface area (Å²) in [7, 11) is 2.23. The van der Waals surface area contributed by atoms with E-state index < -0.39 is 0 Å². The van der Waals surface area contributed by atoms with Gasteiger partial charge in [-0.15, -0.1) is 0 Å². The molecule has 21 heavy (non-hydrogen) atoms. The van der Waals surface area contributed by atoms with Gasteiger partial charge < -0.3 is 10.0 Å². The molecule has 0 amide bonds. The number of aromatic hydroxyl groups is 1. The van der Waals surface area contributed by atoms with Crippen LogP contribution in [-0.4, -0.2) is 47.1 Å². The van der Waals surface area contributed by atoms with Crippen LogP contribution in [0.4, 0.5) is 0 Å². The van der Waals surface area contributed by atoms with Gasteiger partial charge in [-0.2, -0.15) is 0 Å². The molecule has 1 aromatic rings. The summed E-state index contributed by atoms with van der Waals surface area (Å²) in [6, 6.07) is 5.43. The van der Waals surface area contributed by atoms with E-state index in [1.165, 1.54) is 16.4 Å². The molecule has 1 heterocycles. The highest BCUT2D eigenvalue weighted by molar-refractivity contribution is 14.1. The molecule has 1 aliphatic rings. The lowest BCUT2D eigenvalue weighted by molar-refractivity contribution is 0.103. The molecular formula is C16H24I2N2O. The number of hydrogen-bond donors (Lipinski definition) is 1. The van der Waals surface area contributed by atoms with Crippen LogP contribution in [0.3, 0.4) is 0 Å². The highest BCUT2D eigenvalue weighted by atomic mass is 127. The van der Waals surface area contributed by atoms with Crippen molar-refractivity contribution in [3.63, 3.8) is 0 Å². The van der Waals surface area contributed by atoms with Gasteiger partial charge in [-0.05, 0) is 104 Å². The topological polar surface area (TPSA) is 26.7 Å². The first-order valence-corrected chi connectivity index (χ1v) is 9.65. The van der Waals surface area contributed by atoms with Gasteiger partial charge in [0.05, 0.1) is 3.57 Å².